The standard InChI is InChI=1S/C14H18BrNO/c1-4-16-12(9-14(2,3)17)8-10-7-11(15)5-6-13(10)16/h5-8,17H,4,9H2,1-3H3. The summed E-state index contributed by atoms with van der Waals surface area (Å²) in [4.78, 5) is 0. The largest absolute Gasteiger partial charge is 0.390 e. The van der Waals surface area contributed by atoms with Gasteiger partial charge >= 0.3 is 0 Å². The number of hydrogen-bond donors (Lipinski definition) is 1. The van der Waals surface area contributed by atoms with Crippen LogP contribution in [0.5, 0.6) is 0 Å². The van der Waals surface area contributed by atoms with E-state index in [1.165, 1.54) is 16.6 Å². The second kappa shape index (κ2) is 4.46. The first-order chi connectivity index (χ1) is 7.90. The number of nitrogens with zero attached hydrogens (tertiary/aromatic N) is 1. The van der Waals surface area contributed by atoms with E-state index >= 15 is 0 Å². The summed E-state index contributed by atoms with van der Waals surface area (Å²) in [5, 5.41) is 11.2. The lowest BCUT2D eigenvalue weighted by Gasteiger charge is -2.18. The van der Waals surface area contributed by atoms with Gasteiger partial charge in [-0.3, -0.25) is 0 Å². The molecule has 0 aliphatic heterocycles. The normalized spacial score (nSPS) is 12.3. The van der Waals surface area contributed by atoms with Crippen LogP contribution in [-0.2, 0) is 13.0 Å². The SMILES string of the molecule is CCn1c(CC(C)(C)O)cc2cc(Br)ccc21. The first-order valence-corrected chi connectivity index (χ1v) is 6.70. The molecule has 0 atom stereocenters. The van der Waals surface area contributed by atoms with E-state index in [2.05, 4.69) is 51.7 Å². The third-order valence-electron chi connectivity index (χ3n) is 2.88. The molecule has 0 bridgehead atoms. The van der Waals surface area contributed by atoms with Crippen LogP contribution in [0.15, 0.2) is 28.7 Å². The van der Waals surface area contributed by atoms with Crippen molar-refractivity contribution in [1.29, 1.82) is 0 Å². The van der Waals surface area contributed by atoms with Crippen molar-refractivity contribution in [3.63, 3.8) is 0 Å². The van der Waals surface area contributed by atoms with Crippen LogP contribution in [0.1, 0.15) is 26.5 Å². The van der Waals surface area contributed by atoms with Gasteiger partial charge in [0.05, 0.1) is 5.60 Å². The molecule has 2 rings (SSSR count). The number of aryl methyl sites for hydroxylation is 1. The molecule has 0 radical (unpaired) electrons. The minimum absolute atomic E-state index is 0.668. The van der Waals surface area contributed by atoms with E-state index in [-0.39, 0.29) is 0 Å². The summed E-state index contributed by atoms with van der Waals surface area (Å²) in [5.41, 5.74) is 1.75. The summed E-state index contributed by atoms with van der Waals surface area (Å²) >= 11 is 3.49. The molecule has 1 N–H and O–H groups in total. The van der Waals surface area contributed by atoms with E-state index in [1.54, 1.807) is 0 Å². The smallest absolute Gasteiger partial charge is 0.0646 e. The molecular formula is C14H18BrNO. The van der Waals surface area contributed by atoms with Crippen molar-refractivity contribution in [2.24, 2.45) is 0 Å². The van der Waals surface area contributed by atoms with Crippen molar-refractivity contribution in [1.82, 2.24) is 4.57 Å². The maximum Gasteiger partial charge on any atom is 0.0646 e. The van der Waals surface area contributed by atoms with E-state index in [0.29, 0.717) is 6.42 Å². The lowest BCUT2D eigenvalue weighted by atomic mass is 10.0. The number of halogens is 1. The molecule has 2 nitrogen and oxygen atoms in total. The average molecular weight is 296 g/mol. The zero-order valence-corrected chi connectivity index (χ0v) is 12.1. The van der Waals surface area contributed by atoms with Gasteiger partial charge in [-0.2, -0.15) is 0 Å². The topological polar surface area (TPSA) is 25.2 Å². The molecule has 0 amide bonds. The Balaban J connectivity index is 2.55. The zero-order valence-electron chi connectivity index (χ0n) is 10.5. The summed E-state index contributed by atoms with van der Waals surface area (Å²) in [7, 11) is 0. The minimum Gasteiger partial charge on any atom is -0.390 e. The van der Waals surface area contributed by atoms with Crippen LogP contribution >= 0.6 is 15.9 Å². The van der Waals surface area contributed by atoms with Gasteiger partial charge in [0.25, 0.3) is 0 Å². The highest BCUT2D eigenvalue weighted by molar-refractivity contribution is 9.10. The molecule has 0 spiro atoms. The molecule has 0 aliphatic rings. The summed E-state index contributed by atoms with van der Waals surface area (Å²) in [5.74, 6) is 0. The molecule has 1 heterocycles. The lowest BCUT2D eigenvalue weighted by Crippen LogP contribution is -2.23. The fraction of sp³-hybridized carbons (Fsp3) is 0.429. The first-order valence-electron chi connectivity index (χ1n) is 5.91. The fourth-order valence-electron chi connectivity index (χ4n) is 2.26. The minimum atomic E-state index is -0.668. The van der Waals surface area contributed by atoms with Gasteiger partial charge in [0.15, 0.2) is 0 Å². The Kier molecular flexibility index (Phi) is 3.32. The first kappa shape index (κ1) is 12.7. The highest BCUT2D eigenvalue weighted by Crippen LogP contribution is 2.26. The van der Waals surface area contributed by atoms with Crippen LogP contribution in [-0.4, -0.2) is 15.3 Å². The number of hydrogen-bond acceptors (Lipinski definition) is 1. The molecule has 0 saturated heterocycles. The molecular weight excluding hydrogens is 278 g/mol. The monoisotopic (exact) mass is 295 g/mol. The molecule has 92 valence electrons. The Hall–Kier alpha value is -0.800. The number of aromatic nitrogens is 1. The number of rotatable bonds is 3. The van der Waals surface area contributed by atoms with Crippen LogP contribution in [0.2, 0.25) is 0 Å². The van der Waals surface area contributed by atoms with Crippen molar-refractivity contribution >= 4 is 26.8 Å². The highest BCUT2D eigenvalue weighted by Gasteiger charge is 2.17. The molecule has 0 fully saturated rings. The number of aliphatic hydroxyl groups is 1. The van der Waals surface area contributed by atoms with Gasteiger partial charge < -0.3 is 9.67 Å². The van der Waals surface area contributed by atoms with Crippen LogP contribution in [0.3, 0.4) is 0 Å². The van der Waals surface area contributed by atoms with Crippen molar-refractivity contribution in [2.75, 3.05) is 0 Å². The third-order valence-corrected chi connectivity index (χ3v) is 3.37. The van der Waals surface area contributed by atoms with Gasteiger partial charge in [0.1, 0.15) is 0 Å². The highest BCUT2D eigenvalue weighted by atomic mass is 79.9. The molecule has 0 unspecified atom stereocenters. The zero-order chi connectivity index (χ0) is 12.6. The van der Waals surface area contributed by atoms with E-state index in [1.807, 2.05) is 13.8 Å². The predicted molar refractivity (Wildman–Crippen MR) is 75.3 cm³/mol. The van der Waals surface area contributed by atoms with E-state index < -0.39 is 5.60 Å². The van der Waals surface area contributed by atoms with Crippen molar-refractivity contribution in [2.45, 2.75) is 39.3 Å². The molecule has 0 saturated carbocycles. The molecule has 2 aromatic rings. The molecule has 17 heavy (non-hydrogen) atoms. The van der Waals surface area contributed by atoms with Crippen LogP contribution in [0.4, 0.5) is 0 Å². The van der Waals surface area contributed by atoms with Gasteiger partial charge in [-0.15, -0.1) is 0 Å². The average Bonchev–Trinajstić information content (AvgIpc) is 2.51. The predicted octanol–water partition coefficient (Wildman–Crippen LogP) is 3.74. The van der Waals surface area contributed by atoms with Gasteiger partial charge in [0.2, 0.25) is 0 Å². The van der Waals surface area contributed by atoms with Gasteiger partial charge in [-0.25, -0.2) is 0 Å². The van der Waals surface area contributed by atoms with Gasteiger partial charge in [-0.1, -0.05) is 15.9 Å². The second-order valence-electron chi connectivity index (χ2n) is 5.07. The van der Waals surface area contributed by atoms with Gasteiger partial charge in [-0.05, 0) is 45.0 Å². The maximum atomic E-state index is 9.95. The molecule has 3 heteroatoms. The number of fused-ring (bicyclic) bond motifs is 1. The van der Waals surface area contributed by atoms with Crippen LogP contribution in [0.25, 0.3) is 10.9 Å². The van der Waals surface area contributed by atoms with E-state index in [4.69, 9.17) is 0 Å². The van der Waals surface area contributed by atoms with Gasteiger partial charge in [0, 0.05) is 34.0 Å². The summed E-state index contributed by atoms with van der Waals surface area (Å²) in [6.07, 6.45) is 0.674. The second-order valence-corrected chi connectivity index (χ2v) is 5.99. The summed E-state index contributed by atoms with van der Waals surface area (Å²) in [6, 6.07) is 8.47. The Labute approximate surface area is 110 Å². The summed E-state index contributed by atoms with van der Waals surface area (Å²) in [6.45, 7) is 6.76. The lowest BCUT2D eigenvalue weighted by molar-refractivity contribution is 0.0791. The Bertz CT molecular complexity index is 537. The number of benzene rings is 1. The summed E-state index contributed by atoms with van der Waals surface area (Å²) < 4.78 is 3.35. The Morgan fingerprint density at radius 1 is 1.29 bits per heavy atom. The maximum absolute atomic E-state index is 9.95. The Morgan fingerprint density at radius 2 is 2.00 bits per heavy atom. The fourth-order valence-corrected chi connectivity index (χ4v) is 2.64. The van der Waals surface area contributed by atoms with E-state index in [9.17, 15) is 5.11 Å². The molecule has 0 aliphatic carbocycles. The quantitative estimate of drug-likeness (QED) is 0.917. The van der Waals surface area contributed by atoms with Crippen LogP contribution < -0.4 is 0 Å². The van der Waals surface area contributed by atoms with Crippen molar-refractivity contribution in [3.05, 3.63) is 34.4 Å². The van der Waals surface area contributed by atoms with Crippen molar-refractivity contribution < 1.29 is 5.11 Å². The van der Waals surface area contributed by atoms with Crippen molar-refractivity contribution in [3.8, 4) is 0 Å². The van der Waals surface area contributed by atoms with Crippen LogP contribution in [0, 0.1) is 0 Å². The van der Waals surface area contributed by atoms with E-state index in [0.717, 1.165) is 11.0 Å². The molecule has 1 aromatic heterocycles. The Morgan fingerprint density at radius 3 is 2.59 bits per heavy atom. The molecule has 1 aromatic carbocycles. The third kappa shape index (κ3) is 2.72.